The molecule has 0 spiro atoms. The van der Waals surface area contributed by atoms with E-state index in [1.54, 1.807) is 37.7 Å². The molecule has 0 fully saturated rings. The average Bonchev–Trinajstić information content (AvgIpc) is 2.81. The number of aliphatic hydroxyl groups is 1. The summed E-state index contributed by atoms with van der Waals surface area (Å²) in [6.07, 6.45) is 3.51. The first-order chi connectivity index (χ1) is 17.0. The second-order valence-electron chi connectivity index (χ2n) is 9.73. The van der Waals surface area contributed by atoms with Crippen molar-refractivity contribution < 1.29 is 29.6 Å². The maximum atomic E-state index is 11.7. The summed E-state index contributed by atoms with van der Waals surface area (Å²) in [4.78, 5) is 24.4. The van der Waals surface area contributed by atoms with Crippen LogP contribution in [0.25, 0.3) is 0 Å². The molecule has 36 heavy (non-hydrogen) atoms. The van der Waals surface area contributed by atoms with Gasteiger partial charge >= 0.3 is 5.97 Å². The highest BCUT2D eigenvalue weighted by Crippen LogP contribution is 2.33. The molecule has 0 saturated carbocycles. The molecule has 3 N–H and O–H groups in total. The number of hydrogen-bond acceptors (Lipinski definition) is 6. The minimum absolute atomic E-state index is 0.0254. The standard InChI is InChI=1S/C29H40O6S/c1-6-9-21-17-20(18-26(31)29(4,5)28(33)34)11-14-25(21)36-16-8-15-35-24-13-12-22(19(3)30)27(32)23(24)10-7-2/h11-14,17,26,31-32H,6-10,15-16,18H2,1-5H3,(H,33,34). The van der Waals surface area contributed by atoms with Crippen molar-refractivity contribution in [1.82, 2.24) is 0 Å². The molecule has 1 unspecified atom stereocenters. The van der Waals surface area contributed by atoms with Crippen LogP contribution in [0.3, 0.4) is 0 Å². The number of phenols is 1. The van der Waals surface area contributed by atoms with E-state index in [0.717, 1.165) is 37.0 Å². The molecule has 198 valence electrons. The number of ether oxygens (including phenoxy) is 1. The largest absolute Gasteiger partial charge is 0.507 e. The van der Waals surface area contributed by atoms with Gasteiger partial charge in [0.05, 0.1) is 23.7 Å². The Morgan fingerprint density at radius 1 is 1.08 bits per heavy atom. The fourth-order valence-electron chi connectivity index (χ4n) is 3.94. The van der Waals surface area contributed by atoms with Crippen molar-refractivity contribution in [2.24, 2.45) is 5.41 Å². The molecule has 0 aliphatic rings. The Hall–Kier alpha value is -2.51. The zero-order valence-corrected chi connectivity index (χ0v) is 22.9. The summed E-state index contributed by atoms with van der Waals surface area (Å²) in [5.74, 6) is 0.332. The Balaban J connectivity index is 1.99. The first-order valence-corrected chi connectivity index (χ1v) is 13.7. The minimum atomic E-state index is -1.21. The predicted octanol–water partition coefficient (Wildman–Crippen LogP) is 6.08. The zero-order valence-electron chi connectivity index (χ0n) is 22.1. The third-order valence-electron chi connectivity index (χ3n) is 6.38. The molecule has 0 bridgehead atoms. The summed E-state index contributed by atoms with van der Waals surface area (Å²) in [5.41, 5.74) is 1.94. The molecule has 2 aromatic carbocycles. The molecule has 0 aromatic heterocycles. The summed E-state index contributed by atoms with van der Waals surface area (Å²) in [7, 11) is 0. The number of carboxylic acids is 1. The summed E-state index contributed by atoms with van der Waals surface area (Å²) in [6.45, 7) is 9.18. The normalized spacial score (nSPS) is 12.4. The number of hydrogen-bond donors (Lipinski definition) is 3. The van der Waals surface area contributed by atoms with Crippen molar-refractivity contribution in [3.8, 4) is 11.5 Å². The second kappa shape index (κ2) is 13.7. The molecule has 7 heteroatoms. The van der Waals surface area contributed by atoms with Crippen LogP contribution in [0, 0.1) is 5.41 Å². The monoisotopic (exact) mass is 516 g/mol. The number of aliphatic carboxylic acids is 1. The summed E-state index contributed by atoms with van der Waals surface area (Å²) >= 11 is 1.75. The molecule has 0 heterocycles. The van der Waals surface area contributed by atoms with Crippen LogP contribution in [0.2, 0.25) is 0 Å². The maximum Gasteiger partial charge on any atom is 0.311 e. The Kier molecular flexibility index (Phi) is 11.3. The number of aromatic hydroxyl groups is 1. The van der Waals surface area contributed by atoms with Crippen LogP contribution in [0.1, 0.15) is 80.9 Å². The number of rotatable bonds is 15. The van der Waals surface area contributed by atoms with Crippen LogP contribution in [0.15, 0.2) is 35.2 Å². The number of aryl methyl sites for hydroxylation is 1. The lowest BCUT2D eigenvalue weighted by Gasteiger charge is -2.26. The number of thioether (sulfide) groups is 1. The van der Waals surface area contributed by atoms with Gasteiger partial charge in [-0.2, -0.15) is 0 Å². The molecule has 1 atom stereocenters. The van der Waals surface area contributed by atoms with Crippen LogP contribution in [-0.4, -0.2) is 45.5 Å². The Morgan fingerprint density at radius 2 is 1.78 bits per heavy atom. The number of carboxylic acid groups (broad SMARTS) is 1. The van der Waals surface area contributed by atoms with E-state index < -0.39 is 17.5 Å². The third-order valence-corrected chi connectivity index (χ3v) is 7.58. The number of benzene rings is 2. The van der Waals surface area contributed by atoms with E-state index in [1.165, 1.54) is 17.4 Å². The molecular weight excluding hydrogens is 476 g/mol. The van der Waals surface area contributed by atoms with Gasteiger partial charge in [-0.3, -0.25) is 9.59 Å². The van der Waals surface area contributed by atoms with Crippen molar-refractivity contribution in [3.63, 3.8) is 0 Å². The van der Waals surface area contributed by atoms with E-state index in [-0.39, 0.29) is 11.5 Å². The van der Waals surface area contributed by atoms with Crippen molar-refractivity contribution in [1.29, 1.82) is 0 Å². The van der Waals surface area contributed by atoms with Gasteiger partial charge in [0.1, 0.15) is 11.5 Å². The Bertz CT molecular complexity index is 1050. The van der Waals surface area contributed by atoms with Gasteiger partial charge in [0.15, 0.2) is 5.78 Å². The first-order valence-electron chi connectivity index (χ1n) is 12.7. The van der Waals surface area contributed by atoms with Gasteiger partial charge in [-0.25, -0.2) is 0 Å². The summed E-state index contributed by atoms with van der Waals surface area (Å²) < 4.78 is 5.97. The number of aliphatic hydroxyl groups excluding tert-OH is 1. The van der Waals surface area contributed by atoms with Crippen LogP contribution in [-0.2, 0) is 24.1 Å². The number of carbonyl (C=O) groups is 2. The molecule has 0 aliphatic carbocycles. The zero-order chi connectivity index (χ0) is 26.9. The molecule has 2 rings (SSSR count). The second-order valence-corrected chi connectivity index (χ2v) is 10.9. The minimum Gasteiger partial charge on any atom is -0.507 e. The molecular formula is C29H40O6S. The first kappa shape index (κ1) is 29.7. The molecule has 0 amide bonds. The Labute approximate surface area is 219 Å². The molecule has 0 saturated heterocycles. The topological polar surface area (TPSA) is 104 Å². The number of phenolic OH excluding ortho intramolecular Hbond substituents is 1. The lowest BCUT2D eigenvalue weighted by atomic mass is 9.83. The van der Waals surface area contributed by atoms with Gasteiger partial charge in [0.2, 0.25) is 0 Å². The molecule has 6 nitrogen and oxygen atoms in total. The third kappa shape index (κ3) is 7.74. The number of carbonyl (C=O) groups excluding carboxylic acids is 1. The fourth-order valence-corrected chi connectivity index (χ4v) is 4.93. The van der Waals surface area contributed by atoms with Gasteiger partial charge in [0.25, 0.3) is 0 Å². The number of ketones is 1. The van der Waals surface area contributed by atoms with Gasteiger partial charge in [0, 0.05) is 16.2 Å². The molecule has 2 aromatic rings. The molecule has 0 aliphatic heterocycles. The van der Waals surface area contributed by atoms with Crippen LogP contribution >= 0.6 is 11.8 Å². The van der Waals surface area contributed by atoms with E-state index in [0.29, 0.717) is 36.3 Å². The van der Waals surface area contributed by atoms with E-state index >= 15 is 0 Å². The van der Waals surface area contributed by atoms with Crippen LogP contribution < -0.4 is 4.74 Å². The van der Waals surface area contributed by atoms with Crippen molar-refractivity contribution in [3.05, 3.63) is 52.6 Å². The van der Waals surface area contributed by atoms with E-state index in [4.69, 9.17) is 4.74 Å². The fraction of sp³-hybridized carbons (Fsp3) is 0.517. The highest BCUT2D eigenvalue weighted by Gasteiger charge is 2.35. The van der Waals surface area contributed by atoms with Crippen molar-refractivity contribution in [2.75, 3.05) is 12.4 Å². The van der Waals surface area contributed by atoms with Crippen molar-refractivity contribution in [2.45, 2.75) is 84.1 Å². The maximum absolute atomic E-state index is 11.7. The lowest BCUT2D eigenvalue weighted by molar-refractivity contribution is -0.153. The molecule has 0 radical (unpaired) electrons. The smallest absolute Gasteiger partial charge is 0.311 e. The van der Waals surface area contributed by atoms with Crippen molar-refractivity contribution >= 4 is 23.5 Å². The van der Waals surface area contributed by atoms with Gasteiger partial charge in [-0.15, -0.1) is 11.8 Å². The number of Topliss-reactive ketones (excluding diaryl/α,β-unsaturated/α-hetero) is 1. The van der Waals surface area contributed by atoms with Crippen LogP contribution in [0.4, 0.5) is 0 Å². The highest BCUT2D eigenvalue weighted by molar-refractivity contribution is 7.99. The summed E-state index contributed by atoms with van der Waals surface area (Å²) in [5, 5.41) is 30.3. The summed E-state index contributed by atoms with van der Waals surface area (Å²) in [6, 6.07) is 9.50. The van der Waals surface area contributed by atoms with Gasteiger partial charge < -0.3 is 20.1 Å². The SMILES string of the molecule is CCCc1cc(CC(O)C(C)(C)C(=O)O)ccc1SCCCOc1ccc(C(C)=O)c(O)c1CCC. The predicted molar refractivity (Wildman–Crippen MR) is 145 cm³/mol. The lowest BCUT2D eigenvalue weighted by Crippen LogP contribution is -2.38. The van der Waals surface area contributed by atoms with Gasteiger partial charge in [-0.05, 0) is 75.8 Å². The quantitative estimate of drug-likeness (QED) is 0.150. The van der Waals surface area contributed by atoms with E-state index in [2.05, 4.69) is 19.1 Å². The Morgan fingerprint density at radius 3 is 2.39 bits per heavy atom. The van der Waals surface area contributed by atoms with E-state index in [9.17, 15) is 24.9 Å². The van der Waals surface area contributed by atoms with E-state index in [1.807, 2.05) is 13.0 Å². The van der Waals surface area contributed by atoms with Crippen LogP contribution in [0.5, 0.6) is 11.5 Å². The highest BCUT2D eigenvalue weighted by atomic mass is 32.2. The van der Waals surface area contributed by atoms with Gasteiger partial charge in [-0.1, -0.05) is 38.8 Å². The average molecular weight is 517 g/mol.